The summed E-state index contributed by atoms with van der Waals surface area (Å²) in [6.45, 7) is 5.92. The maximum Gasteiger partial charge on any atom is 0.224 e. The highest BCUT2D eigenvalue weighted by molar-refractivity contribution is 7.99. The summed E-state index contributed by atoms with van der Waals surface area (Å²) in [6.07, 6.45) is 1.40. The Bertz CT molecular complexity index is 606. The maximum absolute atomic E-state index is 11.5. The van der Waals surface area contributed by atoms with Crippen LogP contribution in [0.1, 0.15) is 31.2 Å². The Balaban J connectivity index is 2.03. The fourth-order valence-corrected chi connectivity index (χ4v) is 2.76. The molecule has 0 fully saturated rings. The number of aryl methyl sites for hydroxylation is 2. The third-order valence-electron chi connectivity index (χ3n) is 2.79. The van der Waals surface area contributed by atoms with E-state index in [9.17, 15) is 4.79 Å². The van der Waals surface area contributed by atoms with Crippen LogP contribution in [0.3, 0.4) is 0 Å². The first-order valence-corrected chi connectivity index (χ1v) is 7.78. The van der Waals surface area contributed by atoms with Gasteiger partial charge in [0.05, 0.1) is 0 Å². The molecule has 0 saturated carbocycles. The Morgan fingerprint density at radius 2 is 1.76 bits per heavy atom. The SMILES string of the molecule is CCCC(=O)Nc1ccc(Sc2nc(C)cc(C)n2)cc1. The van der Waals surface area contributed by atoms with Crippen molar-refractivity contribution >= 4 is 23.4 Å². The second kappa shape index (κ2) is 7.22. The Hall–Kier alpha value is -1.88. The number of carbonyl (C=O) groups is 1. The highest BCUT2D eigenvalue weighted by Gasteiger charge is 2.04. The van der Waals surface area contributed by atoms with E-state index in [4.69, 9.17) is 0 Å². The molecule has 0 radical (unpaired) electrons. The van der Waals surface area contributed by atoms with E-state index in [2.05, 4.69) is 15.3 Å². The van der Waals surface area contributed by atoms with Gasteiger partial charge in [0, 0.05) is 28.4 Å². The lowest BCUT2D eigenvalue weighted by Crippen LogP contribution is -2.10. The van der Waals surface area contributed by atoms with Crippen molar-refractivity contribution in [3.05, 3.63) is 41.7 Å². The lowest BCUT2D eigenvalue weighted by molar-refractivity contribution is -0.116. The fourth-order valence-electron chi connectivity index (χ4n) is 1.90. The summed E-state index contributed by atoms with van der Waals surface area (Å²) in [5, 5.41) is 3.62. The number of nitrogens with zero attached hydrogens (tertiary/aromatic N) is 2. The van der Waals surface area contributed by atoms with Gasteiger partial charge in [-0.15, -0.1) is 0 Å². The molecule has 110 valence electrons. The predicted octanol–water partition coefficient (Wildman–Crippen LogP) is 3.98. The molecule has 1 N–H and O–H groups in total. The Morgan fingerprint density at radius 1 is 1.14 bits per heavy atom. The zero-order valence-corrected chi connectivity index (χ0v) is 13.3. The van der Waals surface area contributed by atoms with E-state index >= 15 is 0 Å². The Kier molecular flexibility index (Phi) is 5.33. The van der Waals surface area contributed by atoms with Crippen LogP contribution in [0.5, 0.6) is 0 Å². The second-order valence-corrected chi connectivity index (χ2v) is 5.90. The number of aromatic nitrogens is 2. The van der Waals surface area contributed by atoms with Crippen molar-refractivity contribution in [3.63, 3.8) is 0 Å². The van der Waals surface area contributed by atoms with Gasteiger partial charge < -0.3 is 5.32 Å². The number of amides is 1. The molecule has 0 aliphatic heterocycles. The number of hydrogen-bond donors (Lipinski definition) is 1. The third-order valence-corrected chi connectivity index (χ3v) is 3.66. The van der Waals surface area contributed by atoms with Gasteiger partial charge in [-0.25, -0.2) is 9.97 Å². The summed E-state index contributed by atoms with van der Waals surface area (Å²) in [7, 11) is 0. The van der Waals surface area contributed by atoms with E-state index in [1.807, 2.05) is 51.1 Å². The van der Waals surface area contributed by atoms with E-state index in [1.54, 1.807) is 0 Å². The summed E-state index contributed by atoms with van der Waals surface area (Å²) >= 11 is 1.52. The molecule has 21 heavy (non-hydrogen) atoms. The average Bonchev–Trinajstić information content (AvgIpc) is 2.40. The largest absolute Gasteiger partial charge is 0.326 e. The zero-order valence-electron chi connectivity index (χ0n) is 12.5. The fraction of sp³-hybridized carbons (Fsp3) is 0.312. The van der Waals surface area contributed by atoms with Crippen molar-refractivity contribution in [3.8, 4) is 0 Å². The molecule has 1 heterocycles. The predicted molar refractivity (Wildman–Crippen MR) is 85.6 cm³/mol. The maximum atomic E-state index is 11.5. The molecular weight excluding hydrogens is 282 g/mol. The van der Waals surface area contributed by atoms with E-state index < -0.39 is 0 Å². The lowest BCUT2D eigenvalue weighted by atomic mass is 10.3. The minimum absolute atomic E-state index is 0.0514. The van der Waals surface area contributed by atoms with Gasteiger partial charge in [-0.1, -0.05) is 6.92 Å². The quantitative estimate of drug-likeness (QED) is 0.849. The molecule has 0 saturated heterocycles. The lowest BCUT2D eigenvalue weighted by Gasteiger charge is -2.06. The molecule has 0 aliphatic rings. The zero-order chi connectivity index (χ0) is 15.2. The molecule has 0 bridgehead atoms. The number of carbonyl (C=O) groups excluding carboxylic acids is 1. The van der Waals surface area contributed by atoms with Gasteiger partial charge in [-0.05, 0) is 62.4 Å². The number of benzene rings is 1. The van der Waals surface area contributed by atoms with Crippen molar-refractivity contribution in [2.45, 2.75) is 43.7 Å². The van der Waals surface area contributed by atoms with Crippen LogP contribution < -0.4 is 5.32 Å². The second-order valence-electron chi connectivity index (χ2n) is 4.86. The van der Waals surface area contributed by atoms with Gasteiger partial charge >= 0.3 is 0 Å². The summed E-state index contributed by atoms with van der Waals surface area (Å²) in [4.78, 5) is 21.4. The van der Waals surface area contributed by atoms with E-state index in [-0.39, 0.29) is 5.91 Å². The van der Waals surface area contributed by atoms with Crippen LogP contribution in [0.4, 0.5) is 5.69 Å². The van der Waals surface area contributed by atoms with Gasteiger partial charge in [0.15, 0.2) is 5.16 Å². The molecule has 0 unspecified atom stereocenters. The molecule has 5 heteroatoms. The van der Waals surface area contributed by atoms with E-state index in [0.717, 1.165) is 33.5 Å². The molecule has 0 spiro atoms. The topological polar surface area (TPSA) is 54.9 Å². The minimum atomic E-state index is 0.0514. The third kappa shape index (κ3) is 4.86. The van der Waals surface area contributed by atoms with Crippen molar-refractivity contribution in [1.29, 1.82) is 0 Å². The summed E-state index contributed by atoms with van der Waals surface area (Å²) in [5.41, 5.74) is 2.75. The standard InChI is InChI=1S/C16H19N3OS/c1-4-5-15(20)19-13-6-8-14(9-7-13)21-16-17-11(2)10-12(3)18-16/h6-10H,4-5H2,1-3H3,(H,19,20). The molecule has 0 aliphatic carbocycles. The van der Waals surface area contributed by atoms with Gasteiger partial charge in [-0.3, -0.25) is 4.79 Å². The van der Waals surface area contributed by atoms with Crippen molar-refractivity contribution in [1.82, 2.24) is 9.97 Å². The molecule has 1 amide bonds. The Morgan fingerprint density at radius 3 is 2.33 bits per heavy atom. The Labute approximate surface area is 129 Å². The van der Waals surface area contributed by atoms with E-state index in [0.29, 0.717) is 6.42 Å². The van der Waals surface area contributed by atoms with Gasteiger partial charge in [-0.2, -0.15) is 0 Å². The molecular formula is C16H19N3OS. The first-order valence-electron chi connectivity index (χ1n) is 6.97. The van der Waals surface area contributed by atoms with Gasteiger partial charge in [0.1, 0.15) is 0 Å². The minimum Gasteiger partial charge on any atom is -0.326 e. The summed E-state index contributed by atoms with van der Waals surface area (Å²) in [6, 6.07) is 9.69. The monoisotopic (exact) mass is 301 g/mol. The molecule has 1 aromatic carbocycles. The molecule has 4 nitrogen and oxygen atoms in total. The number of hydrogen-bond acceptors (Lipinski definition) is 4. The highest BCUT2D eigenvalue weighted by atomic mass is 32.2. The van der Waals surface area contributed by atoms with Crippen LogP contribution >= 0.6 is 11.8 Å². The van der Waals surface area contributed by atoms with Gasteiger partial charge in [0.2, 0.25) is 5.91 Å². The van der Waals surface area contributed by atoms with Crippen molar-refractivity contribution < 1.29 is 4.79 Å². The summed E-state index contributed by atoms with van der Waals surface area (Å²) in [5.74, 6) is 0.0514. The first-order chi connectivity index (χ1) is 10.1. The van der Waals surface area contributed by atoms with Crippen LogP contribution in [0.2, 0.25) is 0 Å². The molecule has 2 aromatic rings. The number of nitrogens with one attached hydrogen (secondary N) is 1. The number of rotatable bonds is 5. The van der Waals surface area contributed by atoms with Crippen LogP contribution in [-0.2, 0) is 4.79 Å². The highest BCUT2D eigenvalue weighted by Crippen LogP contribution is 2.26. The van der Waals surface area contributed by atoms with Crippen LogP contribution in [0.25, 0.3) is 0 Å². The summed E-state index contributed by atoms with van der Waals surface area (Å²) < 4.78 is 0. The molecule has 1 aromatic heterocycles. The normalized spacial score (nSPS) is 10.4. The van der Waals surface area contributed by atoms with Crippen molar-refractivity contribution in [2.24, 2.45) is 0 Å². The molecule has 2 rings (SSSR count). The van der Waals surface area contributed by atoms with Crippen molar-refractivity contribution in [2.75, 3.05) is 5.32 Å². The van der Waals surface area contributed by atoms with Gasteiger partial charge in [0.25, 0.3) is 0 Å². The van der Waals surface area contributed by atoms with Crippen LogP contribution in [0.15, 0.2) is 40.4 Å². The molecule has 0 atom stereocenters. The van der Waals surface area contributed by atoms with Crippen LogP contribution in [-0.4, -0.2) is 15.9 Å². The van der Waals surface area contributed by atoms with Crippen LogP contribution in [0, 0.1) is 13.8 Å². The first kappa shape index (κ1) is 15.5. The number of anilines is 1. The smallest absolute Gasteiger partial charge is 0.224 e. The van der Waals surface area contributed by atoms with E-state index in [1.165, 1.54) is 11.8 Å². The average molecular weight is 301 g/mol.